The Hall–Kier alpha value is -2.15. The minimum Gasteiger partial charge on any atom is -0.406 e. The highest BCUT2D eigenvalue weighted by molar-refractivity contribution is 7.99. The van der Waals surface area contributed by atoms with E-state index >= 15 is 0 Å². The number of halogens is 3. The van der Waals surface area contributed by atoms with Crippen LogP contribution in [-0.2, 0) is 0 Å². The molecular formula is C19H18F3NO2S. The third-order valence-electron chi connectivity index (χ3n) is 4.13. The van der Waals surface area contributed by atoms with Gasteiger partial charge in [-0.1, -0.05) is 30.3 Å². The van der Waals surface area contributed by atoms with Crippen LogP contribution in [0.25, 0.3) is 0 Å². The maximum absolute atomic E-state index is 12.6. The molecule has 138 valence electrons. The number of hydrogen-bond acceptors (Lipinski definition) is 3. The Kier molecular flexibility index (Phi) is 5.76. The molecule has 3 rings (SSSR count). The maximum Gasteiger partial charge on any atom is 0.573 e. The number of benzene rings is 2. The second kappa shape index (κ2) is 8.03. The van der Waals surface area contributed by atoms with Gasteiger partial charge in [-0.3, -0.25) is 4.79 Å². The van der Waals surface area contributed by atoms with Crippen molar-refractivity contribution in [2.24, 2.45) is 0 Å². The molecule has 0 saturated carbocycles. The molecule has 1 fully saturated rings. The topological polar surface area (TPSA) is 29.5 Å². The smallest absolute Gasteiger partial charge is 0.406 e. The van der Waals surface area contributed by atoms with Gasteiger partial charge in [-0.15, -0.1) is 13.2 Å². The number of rotatable bonds is 3. The molecule has 26 heavy (non-hydrogen) atoms. The Bertz CT molecular complexity index is 735. The quantitative estimate of drug-likeness (QED) is 0.757. The lowest BCUT2D eigenvalue weighted by molar-refractivity contribution is -0.274. The molecule has 0 unspecified atom stereocenters. The molecule has 1 aliphatic rings. The van der Waals surface area contributed by atoms with Gasteiger partial charge in [0.25, 0.3) is 5.91 Å². The lowest BCUT2D eigenvalue weighted by atomic mass is 10.1. The highest BCUT2D eigenvalue weighted by atomic mass is 32.2. The predicted molar refractivity (Wildman–Crippen MR) is 95.3 cm³/mol. The molecule has 3 nitrogen and oxygen atoms in total. The molecule has 7 heteroatoms. The number of hydrogen-bond donors (Lipinski definition) is 0. The van der Waals surface area contributed by atoms with Crippen molar-refractivity contribution in [2.45, 2.75) is 18.0 Å². The maximum atomic E-state index is 12.6. The molecule has 1 saturated heterocycles. The highest BCUT2D eigenvalue weighted by Gasteiger charge is 2.31. The monoisotopic (exact) mass is 381 g/mol. The summed E-state index contributed by atoms with van der Waals surface area (Å²) < 4.78 is 40.5. The first-order chi connectivity index (χ1) is 12.4. The molecule has 1 aliphatic heterocycles. The number of nitrogens with zero attached hydrogens (tertiary/aromatic N) is 1. The van der Waals surface area contributed by atoms with Crippen molar-refractivity contribution in [1.29, 1.82) is 0 Å². The van der Waals surface area contributed by atoms with Crippen LogP contribution in [-0.4, -0.2) is 36.0 Å². The van der Waals surface area contributed by atoms with E-state index in [4.69, 9.17) is 0 Å². The lowest BCUT2D eigenvalue weighted by Crippen LogP contribution is -2.32. The van der Waals surface area contributed by atoms with Crippen molar-refractivity contribution < 1.29 is 22.7 Å². The fourth-order valence-electron chi connectivity index (χ4n) is 2.89. The van der Waals surface area contributed by atoms with Crippen molar-refractivity contribution in [1.82, 2.24) is 4.90 Å². The summed E-state index contributed by atoms with van der Waals surface area (Å²) in [4.78, 5) is 14.4. The van der Waals surface area contributed by atoms with Crippen LogP contribution in [0.15, 0.2) is 54.6 Å². The number of alkyl halides is 3. The van der Waals surface area contributed by atoms with Gasteiger partial charge in [0.2, 0.25) is 0 Å². The van der Waals surface area contributed by atoms with E-state index in [9.17, 15) is 18.0 Å². The standard InChI is InChI=1S/C19H18F3NO2S/c20-19(21,22)25-16-8-6-15(7-9-16)18(24)23-11-10-17(26-13-12-23)14-4-2-1-3-5-14/h1-9,17H,10-13H2/t17-/m0/s1. The van der Waals surface area contributed by atoms with Crippen molar-refractivity contribution in [3.63, 3.8) is 0 Å². The predicted octanol–water partition coefficient (Wildman–Crippen LogP) is 4.91. The summed E-state index contributed by atoms with van der Waals surface area (Å²) in [6.45, 7) is 1.24. The zero-order valence-electron chi connectivity index (χ0n) is 13.9. The van der Waals surface area contributed by atoms with Crippen molar-refractivity contribution in [2.75, 3.05) is 18.8 Å². The summed E-state index contributed by atoms with van der Waals surface area (Å²) >= 11 is 1.82. The summed E-state index contributed by atoms with van der Waals surface area (Å²) in [5.41, 5.74) is 1.61. The fraction of sp³-hybridized carbons (Fsp3) is 0.316. The number of carbonyl (C=O) groups excluding carboxylic acids is 1. The van der Waals surface area contributed by atoms with Crippen LogP contribution < -0.4 is 4.74 Å². The van der Waals surface area contributed by atoms with E-state index in [1.54, 1.807) is 4.90 Å². The summed E-state index contributed by atoms with van der Waals surface area (Å²) in [6, 6.07) is 15.3. The number of carbonyl (C=O) groups is 1. The summed E-state index contributed by atoms with van der Waals surface area (Å²) in [5.74, 6) is 0.322. The van der Waals surface area contributed by atoms with E-state index < -0.39 is 6.36 Å². The molecule has 1 amide bonds. The van der Waals surface area contributed by atoms with Gasteiger partial charge < -0.3 is 9.64 Å². The van der Waals surface area contributed by atoms with Gasteiger partial charge >= 0.3 is 6.36 Å². The summed E-state index contributed by atoms with van der Waals surface area (Å²) in [6.07, 6.45) is -3.89. The molecule has 2 aromatic rings. The van der Waals surface area contributed by atoms with Gasteiger partial charge in [0, 0.05) is 29.7 Å². The van der Waals surface area contributed by atoms with E-state index in [2.05, 4.69) is 16.9 Å². The van der Waals surface area contributed by atoms with Crippen molar-refractivity contribution in [3.05, 3.63) is 65.7 Å². The van der Waals surface area contributed by atoms with E-state index in [0.717, 1.165) is 12.2 Å². The van der Waals surface area contributed by atoms with Crippen LogP contribution in [0, 0.1) is 0 Å². The van der Waals surface area contributed by atoms with E-state index in [1.807, 2.05) is 30.0 Å². The van der Waals surface area contributed by atoms with Gasteiger partial charge in [-0.05, 0) is 36.2 Å². The van der Waals surface area contributed by atoms with Crippen LogP contribution in [0.4, 0.5) is 13.2 Å². The van der Waals surface area contributed by atoms with Crippen LogP contribution in [0.3, 0.4) is 0 Å². The minimum absolute atomic E-state index is 0.169. The van der Waals surface area contributed by atoms with Gasteiger partial charge in [-0.2, -0.15) is 11.8 Å². The van der Waals surface area contributed by atoms with Crippen LogP contribution in [0.2, 0.25) is 0 Å². The van der Waals surface area contributed by atoms with E-state index in [0.29, 0.717) is 23.9 Å². The molecule has 0 spiro atoms. The Labute approximate surface area is 154 Å². The Morgan fingerprint density at radius 2 is 1.73 bits per heavy atom. The molecule has 0 aliphatic carbocycles. The zero-order valence-corrected chi connectivity index (χ0v) is 14.7. The zero-order chi connectivity index (χ0) is 18.6. The second-order valence-corrected chi connectivity index (χ2v) is 7.23. The van der Waals surface area contributed by atoms with Gasteiger partial charge in [0.1, 0.15) is 5.75 Å². The Morgan fingerprint density at radius 3 is 2.38 bits per heavy atom. The van der Waals surface area contributed by atoms with Crippen LogP contribution in [0.1, 0.15) is 27.6 Å². The minimum atomic E-state index is -4.74. The number of thioether (sulfide) groups is 1. The molecule has 0 N–H and O–H groups in total. The second-order valence-electron chi connectivity index (χ2n) is 5.92. The van der Waals surface area contributed by atoms with Gasteiger partial charge in [0.05, 0.1) is 0 Å². The first-order valence-electron chi connectivity index (χ1n) is 8.24. The van der Waals surface area contributed by atoms with Crippen LogP contribution in [0.5, 0.6) is 5.75 Å². The Morgan fingerprint density at radius 1 is 1.04 bits per heavy atom. The third kappa shape index (κ3) is 4.94. The highest BCUT2D eigenvalue weighted by Crippen LogP contribution is 2.34. The average molecular weight is 381 g/mol. The van der Waals surface area contributed by atoms with Crippen molar-refractivity contribution >= 4 is 17.7 Å². The number of amides is 1. The largest absolute Gasteiger partial charge is 0.573 e. The van der Waals surface area contributed by atoms with Gasteiger partial charge in [0.15, 0.2) is 0 Å². The Balaban J connectivity index is 1.63. The third-order valence-corrected chi connectivity index (χ3v) is 5.46. The van der Waals surface area contributed by atoms with E-state index in [-0.39, 0.29) is 11.7 Å². The molecular weight excluding hydrogens is 363 g/mol. The molecule has 0 aromatic heterocycles. The summed E-state index contributed by atoms with van der Waals surface area (Å²) in [7, 11) is 0. The SMILES string of the molecule is O=C(c1ccc(OC(F)(F)F)cc1)N1CCS[C@H](c2ccccc2)CC1. The van der Waals surface area contributed by atoms with E-state index in [1.165, 1.54) is 29.8 Å². The molecule has 1 atom stereocenters. The molecule has 2 aromatic carbocycles. The number of ether oxygens (including phenoxy) is 1. The first-order valence-corrected chi connectivity index (χ1v) is 9.29. The summed E-state index contributed by atoms with van der Waals surface area (Å²) in [5, 5.41) is 0.344. The molecule has 0 bridgehead atoms. The molecule has 1 heterocycles. The van der Waals surface area contributed by atoms with Crippen LogP contribution >= 0.6 is 11.8 Å². The lowest BCUT2D eigenvalue weighted by Gasteiger charge is -2.20. The average Bonchev–Trinajstić information content (AvgIpc) is 2.87. The first kappa shape index (κ1) is 18.6. The van der Waals surface area contributed by atoms with Gasteiger partial charge in [-0.25, -0.2) is 0 Å². The fourth-order valence-corrected chi connectivity index (χ4v) is 4.12. The molecule has 0 radical (unpaired) electrons. The van der Waals surface area contributed by atoms with Crippen molar-refractivity contribution in [3.8, 4) is 5.75 Å². The normalized spacial score (nSPS) is 18.3.